The van der Waals surface area contributed by atoms with Crippen LogP contribution in [0.1, 0.15) is 40.2 Å². The number of para-hydroxylation sites is 1. The smallest absolute Gasteiger partial charge is 0.408 e. The number of esters is 1. The molecule has 0 bridgehead atoms. The van der Waals surface area contributed by atoms with Crippen molar-refractivity contribution in [3.05, 3.63) is 36.0 Å². The third-order valence-electron chi connectivity index (χ3n) is 4.97. The van der Waals surface area contributed by atoms with Crippen LogP contribution >= 0.6 is 0 Å². The molecule has 0 saturated heterocycles. The Morgan fingerprint density at radius 1 is 1.06 bits per heavy atom. The molecule has 4 N–H and O–H groups in total. The van der Waals surface area contributed by atoms with E-state index in [1.165, 1.54) is 7.11 Å². The number of carbonyl (C=O) groups excluding carboxylic acids is 4. The zero-order valence-electron chi connectivity index (χ0n) is 20.5. The first-order chi connectivity index (χ1) is 15.9. The Balaban J connectivity index is 2.11. The highest BCUT2D eigenvalue weighted by atomic mass is 16.6. The summed E-state index contributed by atoms with van der Waals surface area (Å²) in [4.78, 5) is 52.7. The zero-order valence-corrected chi connectivity index (χ0v) is 20.5. The van der Waals surface area contributed by atoms with E-state index >= 15 is 0 Å². The van der Waals surface area contributed by atoms with E-state index in [2.05, 4.69) is 20.9 Å². The molecule has 0 saturated carbocycles. The molecule has 0 spiro atoms. The Morgan fingerprint density at radius 3 is 2.35 bits per heavy atom. The van der Waals surface area contributed by atoms with Gasteiger partial charge in [-0.1, -0.05) is 32.0 Å². The van der Waals surface area contributed by atoms with Crippen LogP contribution in [0.2, 0.25) is 0 Å². The molecule has 10 nitrogen and oxygen atoms in total. The fraction of sp³-hybridized carbons (Fsp3) is 0.500. The largest absolute Gasteiger partial charge is 0.467 e. The summed E-state index contributed by atoms with van der Waals surface area (Å²) in [7, 11) is 1.24. The van der Waals surface area contributed by atoms with E-state index < -0.39 is 41.6 Å². The van der Waals surface area contributed by atoms with E-state index in [9.17, 15) is 19.2 Å². The molecule has 2 rings (SSSR count). The molecular weight excluding hydrogens is 440 g/mol. The van der Waals surface area contributed by atoms with E-state index in [4.69, 9.17) is 9.47 Å². The molecule has 2 atom stereocenters. The van der Waals surface area contributed by atoms with Crippen molar-refractivity contribution in [1.82, 2.24) is 20.9 Å². The number of rotatable bonds is 9. The number of benzene rings is 1. The van der Waals surface area contributed by atoms with Crippen LogP contribution in [0.3, 0.4) is 0 Å². The van der Waals surface area contributed by atoms with Gasteiger partial charge in [0, 0.05) is 23.5 Å². The Hall–Kier alpha value is -3.56. The lowest BCUT2D eigenvalue weighted by Gasteiger charge is -2.23. The maximum Gasteiger partial charge on any atom is 0.408 e. The van der Waals surface area contributed by atoms with Gasteiger partial charge in [0.05, 0.1) is 13.7 Å². The number of alkyl carbamates (subject to hydrolysis) is 1. The van der Waals surface area contributed by atoms with Crippen LogP contribution < -0.4 is 16.0 Å². The standard InChI is InChI=1S/C24H34N4O6/c1-14(2)20(22(31)33-6)28-19(29)13-26-21(30)18(27-23(32)34-24(3,4)5)11-15-12-25-17-10-8-7-9-16(15)17/h7-10,12,14,18,20,25H,11,13H2,1-6H3,(H,26,30)(H,27,32)(H,28,29)/t18-,20-/m0/s1. The van der Waals surface area contributed by atoms with Crippen molar-refractivity contribution >= 4 is 34.8 Å². The first-order valence-corrected chi connectivity index (χ1v) is 11.1. The number of nitrogens with one attached hydrogen (secondary N) is 4. The van der Waals surface area contributed by atoms with Crippen molar-refractivity contribution in [3.8, 4) is 0 Å². The van der Waals surface area contributed by atoms with Gasteiger partial charge in [-0.05, 0) is 38.3 Å². The first-order valence-electron chi connectivity index (χ1n) is 11.1. The molecule has 1 aromatic carbocycles. The highest BCUT2D eigenvalue weighted by Gasteiger charge is 2.28. The van der Waals surface area contributed by atoms with Gasteiger partial charge in [0.1, 0.15) is 17.7 Å². The van der Waals surface area contributed by atoms with Gasteiger partial charge < -0.3 is 30.4 Å². The second kappa shape index (κ2) is 11.5. The van der Waals surface area contributed by atoms with Crippen molar-refractivity contribution in [3.63, 3.8) is 0 Å². The molecule has 1 heterocycles. The number of ether oxygens (including phenoxy) is 2. The van der Waals surface area contributed by atoms with Crippen LogP contribution in [-0.2, 0) is 30.3 Å². The van der Waals surface area contributed by atoms with Crippen molar-refractivity contribution in [2.75, 3.05) is 13.7 Å². The van der Waals surface area contributed by atoms with E-state index in [0.29, 0.717) is 0 Å². The van der Waals surface area contributed by atoms with Crippen LogP contribution in [0, 0.1) is 5.92 Å². The maximum absolute atomic E-state index is 13.0. The Labute approximate surface area is 199 Å². The molecule has 10 heteroatoms. The topological polar surface area (TPSA) is 139 Å². The molecule has 0 aliphatic rings. The molecule has 0 aliphatic carbocycles. The second-order valence-electron chi connectivity index (χ2n) is 9.29. The lowest BCUT2D eigenvalue weighted by atomic mass is 10.0. The SMILES string of the molecule is COC(=O)[C@@H](NC(=O)CNC(=O)[C@H](Cc1c[nH]c2ccccc12)NC(=O)OC(C)(C)C)C(C)C. The highest BCUT2D eigenvalue weighted by molar-refractivity contribution is 5.92. The van der Waals surface area contributed by atoms with Crippen LogP contribution in [-0.4, -0.2) is 60.2 Å². The van der Waals surface area contributed by atoms with Gasteiger partial charge >= 0.3 is 12.1 Å². The summed E-state index contributed by atoms with van der Waals surface area (Å²) < 4.78 is 10.0. The maximum atomic E-state index is 13.0. The van der Waals surface area contributed by atoms with Crippen molar-refractivity contribution in [2.24, 2.45) is 5.92 Å². The van der Waals surface area contributed by atoms with Crippen molar-refractivity contribution < 1.29 is 28.7 Å². The predicted molar refractivity (Wildman–Crippen MR) is 127 cm³/mol. The summed E-state index contributed by atoms with van der Waals surface area (Å²) in [5.74, 6) is -1.89. The number of hydrogen-bond acceptors (Lipinski definition) is 6. The van der Waals surface area contributed by atoms with Gasteiger partial charge in [-0.2, -0.15) is 0 Å². The van der Waals surface area contributed by atoms with Gasteiger partial charge in [0.2, 0.25) is 11.8 Å². The number of H-pyrrole nitrogens is 1. The summed E-state index contributed by atoms with van der Waals surface area (Å²) >= 11 is 0. The van der Waals surface area contributed by atoms with Gasteiger partial charge in [-0.15, -0.1) is 0 Å². The van der Waals surface area contributed by atoms with E-state index in [1.54, 1.807) is 40.8 Å². The summed E-state index contributed by atoms with van der Waals surface area (Å²) in [5.41, 5.74) is 0.976. The summed E-state index contributed by atoms with van der Waals surface area (Å²) in [6.07, 6.45) is 1.20. The summed E-state index contributed by atoms with van der Waals surface area (Å²) in [6.45, 7) is 8.32. The fourth-order valence-electron chi connectivity index (χ4n) is 3.32. The van der Waals surface area contributed by atoms with E-state index in [1.807, 2.05) is 24.3 Å². The lowest BCUT2D eigenvalue weighted by Crippen LogP contribution is -2.53. The minimum atomic E-state index is -0.997. The third-order valence-corrected chi connectivity index (χ3v) is 4.97. The van der Waals surface area contributed by atoms with Gasteiger partial charge in [-0.25, -0.2) is 9.59 Å². The number of fused-ring (bicyclic) bond motifs is 1. The number of aromatic nitrogens is 1. The average Bonchev–Trinajstić information content (AvgIpc) is 3.16. The quantitative estimate of drug-likeness (QED) is 0.410. The summed E-state index contributed by atoms with van der Waals surface area (Å²) in [5, 5.41) is 8.60. The van der Waals surface area contributed by atoms with Crippen LogP contribution in [0.4, 0.5) is 4.79 Å². The molecule has 0 fully saturated rings. The number of carbonyl (C=O) groups is 4. The third kappa shape index (κ3) is 7.79. The Kier molecular flexibility index (Phi) is 9.05. The minimum absolute atomic E-state index is 0.174. The Bertz CT molecular complexity index is 1020. The molecule has 3 amide bonds. The number of aromatic amines is 1. The summed E-state index contributed by atoms with van der Waals surface area (Å²) in [6, 6.07) is 5.76. The van der Waals surface area contributed by atoms with E-state index in [0.717, 1.165) is 16.5 Å². The molecule has 34 heavy (non-hydrogen) atoms. The van der Waals surface area contributed by atoms with Crippen LogP contribution in [0.25, 0.3) is 10.9 Å². The minimum Gasteiger partial charge on any atom is -0.467 e. The average molecular weight is 475 g/mol. The molecule has 0 unspecified atom stereocenters. The fourth-order valence-corrected chi connectivity index (χ4v) is 3.32. The van der Waals surface area contributed by atoms with Gasteiger partial charge in [0.25, 0.3) is 0 Å². The van der Waals surface area contributed by atoms with Crippen molar-refractivity contribution in [1.29, 1.82) is 0 Å². The van der Waals surface area contributed by atoms with Crippen LogP contribution in [0.15, 0.2) is 30.5 Å². The molecule has 1 aromatic heterocycles. The number of methoxy groups -OCH3 is 1. The first kappa shape index (κ1) is 26.7. The monoisotopic (exact) mass is 474 g/mol. The Morgan fingerprint density at radius 2 is 1.74 bits per heavy atom. The zero-order chi connectivity index (χ0) is 25.5. The van der Waals surface area contributed by atoms with Gasteiger partial charge in [0.15, 0.2) is 0 Å². The van der Waals surface area contributed by atoms with E-state index in [-0.39, 0.29) is 18.9 Å². The second-order valence-corrected chi connectivity index (χ2v) is 9.29. The van der Waals surface area contributed by atoms with Crippen LogP contribution in [0.5, 0.6) is 0 Å². The van der Waals surface area contributed by atoms with Crippen molar-refractivity contribution in [2.45, 2.75) is 58.7 Å². The normalized spacial score (nSPS) is 13.1. The van der Waals surface area contributed by atoms with Gasteiger partial charge in [-0.3, -0.25) is 9.59 Å². The lowest BCUT2D eigenvalue weighted by molar-refractivity contribution is -0.146. The highest BCUT2D eigenvalue weighted by Crippen LogP contribution is 2.19. The predicted octanol–water partition coefficient (Wildman–Crippen LogP) is 2.03. The molecule has 0 aliphatic heterocycles. The molecule has 2 aromatic rings. The molecule has 186 valence electrons. The molecule has 0 radical (unpaired) electrons. The number of hydrogen-bond donors (Lipinski definition) is 4. The number of amides is 3. The molecular formula is C24H34N4O6.